The minimum atomic E-state index is -0.860. The molecule has 28 heavy (non-hydrogen) atoms. The van der Waals surface area contributed by atoms with Crippen molar-refractivity contribution in [1.29, 1.82) is 0 Å². The van der Waals surface area contributed by atoms with Crippen LogP contribution in [-0.4, -0.2) is 31.3 Å². The molecule has 0 saturated carbocycles. The van der Waals surface area contributed by atoms with E-state index in [0.29, 0.717) is 43.0 Å². The van der Waals surface area contributed by atoms with Crippen LogP contribution in [0.5, 0.6) is 0 Å². The molecule has 3 heterocycles. The van der Waals surface area contributed by atoms with Gasteiger partial charge in [-0.1, -0.05) is 6.07 Å². The number of nitrogens with one attached hydrogen (secondary N) is 1. The van der Waals surface area contributed by atoms with Crippen molar-refractivity contribution in [2.45, 2.75) is 19.5 Å². The van der Waals surface area contributed by atoms with E-state index in [1.807, 2.05) is 11.0 Å². The minimum absolute atomic E-state index is 0.210. The zero-order valence-corrected chi connectivity index (χ0v) is 14.8. The van der Waals surface area contributed by atoms with Crippen molar-refractivity contribution in [1.82, 2.24) is 19.9 Å². The van der Waals surface area contributed by atoms with Gasteiger partial charge in [-0.2, -0.15) is 4.39 Å². The predicted octanol–water partition coefficient (Wildman–Crippen LogP) is 2.44. The highest BCUT2D eigenvalue weighted by atomic mass is 19.1. The third-order valence-corrected chi connectivity index (χ3v) is 4.70. The Hall–Kier alpha value is -3.46. The van der Waals surface area contributed by atoms with Gasteiger partial charge in [-0.05, 0) is 23.8 Å². The van der Waals surface area contributed by atoms with Gasteiger partial charge in [0.2, 0.25) is 5.82 Å². The van der Waals surface area contributed by atoms with E-state index in [1.54, 1.807) is 18.5 Å². The molecule has 0 amide bonds. The molecule has 0 saturated heterocycles. The van der Waals surface area contributed by atoms with Crippen molar-refractivity contribution in [2.75, 3.05) is 6.54 Å². The average molecular weight is 381 g/mol. The third-order valence-electron chi connectivity index (χ3n) is 4.70. The van der Waals surface area contributed by atoms with Crippen LogP contribution in [0.4, 0.5) is 10.1 Å². The SMILES string of the molecule is O=c1[nH]c(-c2cccnc2)nc2c1CN(Cc1ccc(F)c([N+](=O)[O-])c1)CC2. The van der Waals surface area contributed by atoms with Crippen LogP contribution in [0.3, 0.4) is 0 Å². The van der Waals surface area contributed by atoms with Crippen LogP contribution in [0.1, 0.15) is 16.8 Å². The molecule has 0 unspecified atom stereocenters. The summed E-state index contributed by atoms with van der Waals surface area (Å²) in [4.78, 5) is 36.1. The number of H-pyrrole nitrogens is 1. The van der Waals surface area contributed by atoms with Gasteiger partial charge >= 0.3 is 5.69 Å². The Morgan fingerprint density at radius 1 is 1.32 bits per heavy atom. The van der Waals surface area contributed by atoms with Crippen molar-refractivity contribution in [3.63, 3.8) is 0 Å². The lowest BCUT2D eigenvalue weighted by Gasteiger charge is -2.27. The number of aromatic nitrogens is 3. The van der Waals surface area contributed by atoms with Crippen LogP contribution >= 0.6 is 0 Å². The molecular formula is C19H16FN5O3. The number of hydrogen-bond donors (Lipinski definition) is 1. The molecule has 1 aliphatic heterocycles. The van der Waals surface area contributed by atoms with E-state index in [2.05, 4.69) is 15.0 Å². The second-order valence-electron chi connectivity index (χ2n) is 6.59. The van der Waals surface area contributed by atoms with Gasteiger partial charge in [0.15, 0.2) is 0 Å². The number of fused-ring (bicyclic) bond motifs is 1. The predicted molar refractivity (Wildman–Crippen MR) is 99.0 cm³/mol. The number of aromatic amines is 1. The van der Waals surface area contributed by atoms with Crippen LogP contribution in [0.15, 0.2) is 47.5 Å². The summed E-state index contributed by atoms with van der Waals surface area (Å²) in [7, 11) is 0. The summed E-state index contributed by atoms with van der Waals surface area (Å²) in [6.07, 6.45) is 3.87. The number of nitrogens with zero attached hydrogens (tertiary/aromatic N) is 4. The fourth-order valence-electron chi connectivity index (χ4n) is 3.31. The maximum absolute atomic E-state index is 13.5. The quantitative estimate of drug-likeness (QED) is 0.550. The fourth-order valence-corrected chi connectivity index (χ4v) is 3.31. The van der Waals surface area contributed by atoms with E-state index in [4.69, 9.17) is 0 Å². The van der Waals surface area contributed by atoms with E-state index in [-0.39, 0.29) is 5.56 Å². The van der Waals surface area contributed by atoms with Gasteiger partial charge in [-0.3, -0.25) is 24.8 Å². The monoisotopic (exact) mass is 381 g/mol. The van der Waals surface area contributed by atoms with Crippen LogP contribution < -0.4 is 5.56 Å². The molecule has 0 atom stereocenters. The van der Waals surface area contributed by atoms with E-state index in [9.17, 15) is 19.3 Å². The van der Waals surface area contributed by atoms with Crippen LogP contribution in [-0.2, 0) is 19.5 Å². The fraction of sp³-hybridized carbons (Fsp3) is 0.211. The van der Waals surface area contributed by atoms with Gasteiger partial charge in [-0.15, -0.1) is 0 Å². The first-order chi connectivity index (χ1) is 13.5. The number of rotatable bonds is 4. The molecule has 1 aromatic carbocycles. The molecule has 0 bridgehead atoms. The number of nitro groups is 1. The molecule has 4 rings (SSSR count). The summed E-state index contributed by atoms with van der Waals surface area (Å²) in [6, 6.07) is 7.46. The molecule has 1 aliphatic rings. The van der Waals surface area contributed by atoms with Crippen molar-refractivity contribution in [2.24, 2.45) is 0 Å². The third kappa shape index (κ3) is 3.52. The Morgan fingerprint density at radius 3 is 2.93 bits per heavy atom. The summed E-state index contributed by atoms with van der Waals surface area (Å²) in [5, 5.41) is 10.9. The first-order valence-corrected chi connectivity index (χ1v) is 8.69. The molecule has 2 aromatic heterocycles. The average Bonchev–Trinajstić information content (AvgIpc) is 2.70. The molecule has 3 aromatic rings. The molecule has 9 heteroatoms. The second kappa shape index (κ2) is 7.28. The van der Waals surface area contributed by atoms with Crippen molar-refractivity contribution in [3.05, 3.63) is 85.8 Å². The Bertz CT molecular complexity index is 1100. The molecule has 0 fully saturated rings. The lowest BCUT2D eigenvalue weighted by atomic mass is 10.1. The number of benzene rings is 1. The molecule has 142 valence electrons. The van der Waals surface area contributed by atoms with Crippen LogP contribution in [0.2, 0.25) is 0 Å². The summed E-state index contributed by atoms with van der Waals surface area (Å²) in [6.45, 7) is 1.39. The number of halogens is 1. The summed E-state index contributed by atoms with van der Waals surface area (Å²) >= 11 is 0. The smallest absolute Gasteiger partial charge is 0.305 e. The van der Waals surface area contributed by atoms with Gasteiger partial charge in [0.1, 0.15) is 5.82 Å². The lowest BCUT2D eigenvalue weighted by molar-refractivity contribution is -0.387. The van der Waals surface area contributed by atoms with Gasteiger partial charge < -0.3 is 4.98 Å². The first-order valence-electron chi connectivity index (χ1n) is 8.69. The molecule has 0 spiro atoms. The summed E-state index contributed by atoms with van der Waals surface area (Å²) in [5.41, 5.74) is 1.92. The minimum Gasteiger partial charge on any atom is -0.306 e. The first kappa shape index (κ1) is 17.9. The van der Waals surface area contributed by atoms with Crippen LogP contribution in [0, 0.1) is 15.9 Å². The zero-order valence-electron chi connectivity index (χ0n) is 14.8. The summed E-state index contributed by atoms with van der Waals surface area (Å²) in [5.74, 6) is -0.374. The standard InChI is InChI=1S/C19H16FN5O3/c20-15-4-3-12(8-17(15)25(27)28)10-24-7-5-16-14(11-24)19(26)23-18(22-16)13-2-1-6-21-9-13/h1-4,6,8-9H,5,7,10-11H2,(H,22,23,26). The van der Waals surface area contributed by atoms with Gasteiger partial charge in [0.05, 0.1) is 16.2 Å². The van der Waals surface area contributed by atoms with Gasteiger partial charge in [0.25, 0.3) is 5.56 Å². The Morgan fingerprint density at radius 2 is 2.18 bits per heavy atom. The van der Waals surface area contributed by atoms with Crippen LogP contribution in [0.25, 0.3) is 11.4 Å². The Kier molecular flexibility index (Phi) is 4.66. The van der Waals surface area contributed by atoms with E-state index in [1.165, 1.54) is 12.1 Å². The lowest BCUT2D eigenvalue weighted by Crippen LogP contribution is -2.35. The zero-order chi connectivity index (χ0) is 19.7. The molecule has 8 nitrogen and oxygen atoms in total. The topological polar surface area (TPSA) is 105 Å². The van der Waals surface area contributed by atoms with E-state index >= 15 is 0 Å². The number of nitro benzene ring substituents is 1. The van der Waals surface area contributed by atoms with Crippen molar-refractivity contribution in [3.8, 4) is 11.4 Å². The Balaban J connectivity index is 1.57. The maximum Gasteiger partial charge on any atom is 0.305 e. The highest BCUT2D eigenvalue weighted by Crippen LogP contribution is 2.22. The Labute approximate surface area is 158 Å². The highest BCUT2D eigenvalue weighted by molar-refractivity contribution is 5.53. The number of pyridine rings is 1. The van der Waals surface area contributed by atoms with Gasteiger partial charge in [0, 0.05) is 50.1 Å². The largest absolute Gasteiger partial charge is 0.306 e. The highest BCUT2D eigenvalue weighted by Gasteiger charge is 2.23. The van der Waals surface area contributed by atoms with Gasteiger partial charge in [-0.25, -0.2) is 4.98 Å². The van der Waals surface area contributed by atoms with Crippen molar-refractivity contribution >= 4 is 5.69 Å². The molecule has 0 radical (unpaired) electrons. The molecular weight excluding hydrogens is 365 g/mol. The van der Waals surface area contributed by atoms with Crippen molar-refractivity contribution < 1.29 is 9.31 Å². The molecule has 0 aliphatic carbocycles. The van der Waals surface area contributed by atoms with E-state index < -0.39 is 16.4 Å². The second-order valence-corrected chi connectivity index (χ2v) is 6.59. The normalized spacial score (nSPS) is 13.9. The number of hydrogen-bond acceptors (Lipinski definition) is 6. The maximum atomic E-state index is 13.5. The van der Waals surface area contributed by atoms with E-state index in [0.717, 1.165) is 17.3 Å². The summed E-state index contributed by atoms with van der Waals surface area (Å²) < 4.78 is 13.5. The molecule has 1 N–H and O–H groups in total.